The average molecular weight is 511 g/mol. The summed E-state index contributed by atoms with van der Waals surface area (Å²) in [5.41, 5.74) is 2.81. The molecule has 0 aliphatic rings. The third kappa shape index (κ3) is 9.33. The molecule has 4 radical (unpaired) electrons. The quantitative estimate of drug-likeness (QED) is 0.243. The van der Waals surface area contributed by atoms with E-state index >= 15 is 0 Å². The molecule has 6 heteroatoms. The van der Waals surface area contributed by atoms with E-state index < -0.39 is 11.2 Å². The molecule has 0 atom stereocenters. The van der Waals surface area contributed by atoms with E-state index in [0.717, 1.165) is 22.4 Å². The van der Waals surface area contributed by atoms with E-state index in [1.807, 2.05) is 30.3 Å². The lowest BCUT2D eigenvalue weighted by atomic mass is 9.85. The maximum absolute atomic E-state index is 11.7. The van der Waals surface area contributed by atoms with Crippen LogP contribution in [-0.4, -0.2) is 25.3 Å². The lowest BCUT2D eigenvalue weighted by Crippen LogP contribution is -2.34. The molecule has 0 amide bonds. The molecule has 0 unspecified atom stereocenters. The Morgan fingerprint density at radius 2 is 1.29 bits per heavy atom. The van der Waals surface area contributed by atoms with Crippen LogP contribution in [0.5, 0.6) is 5.75 Å². The largest absolute Gasteiger partial charge is 0.489 e. The van der Waals surface area contributed by atoms with Gasteiger partial charge in [-0.15, -0.1) is 0 Å². The molecule has 0 aromatic heterocycles. The van der Waals surface area contributed by atoms with Gasteiger partial charge in [0.2, 0.25) is 19.5 Å². The molecule has 2 aromatic carbocycles. The van der Waals surface area contributed by atoms with Crippen LogP contribution in [0.25, 0.3) is 0 Å². The molecule has 190 valence electrons. The Bertz CT molecular complexity index is 1010. The summed E-state index contributed by atoms with van der Waals surface area (Å²) in [4.78, 5) is 11.7. The van der Waals surface area contributed by atoms with Crippen molar-refractivity contribution in [1.82, 2.24) is 0 Å². The molecule has 0 aliphatic heterocycles. The van der Waals surface area contributed by atoms with Crippen molar-refractivity contribution in [3.63, 3.8) is 0 Å². The number of benzene rings is 2. The van der Waals surface area contributed by atoms with Crippen LogP contribution in [0.3, 0.4) is 0 Å². The van der Waals surface area contributed by atoms with E-state index in [4.69, 9.17) is 13.6 Å². The number of hydrogen-bond acceptors (Lipinski definition) is 4. The van der Waals surface area contributed by atoms with Crippen molar-refractivity contribution in [3.8, 4) is 5.75 Å². The Morgan fingerprint density at radius 3 is 1.80 bits per heavy atom. The maximum atomic E-state index is 11.7. The summed E-state index contributed by atoms with van der Waals surface area (Å²) < 4.78 is 19.2. The molecule has 0 fully saturated rings. The Balaban J connectivity index is 2.40. The van der Waals surface area contributed by atoms with Gasteiger partial charge >= 0.3 is 0 Å². The average Bonchev–Trinajstić information content (AvgIpc) is 2.74. The maximum Gasteiger partial charge on any atom is 0.236 e. The van der Waals surface area contributed by atoms with Crippen molar-refractivity contribution in [3.05, 3.63) is 64.7 Å². The fourth-order valence-corrected chi connectivity index (χ4v) is 4.70. The highest BCUT2D eigenvalue weighted by Gasteiger charge is 2.34. The minimum absolute atomic E-state index is 0.0512. The number of ketones is 1. The second-order valence-corrected chi connectivity index (χ2v) is 16.0. The van der Waals surface area contributed by atoms with Crippen LogP contribution in [0, 0.1) is 0 Å². The molecular formula is C29H42O4Si2. The molecular weight excluding hydrogens is 468 g/mol. The molecule has 0 spiro atoms. The molecule has 0 bridgehead atoms. The van der Waals surface area contributed by atoms with E-state index in [1.165, 1.54) is 0 Å². The number of ether oxygens (including phenoxy) is 1. The minimum atomic E-state index is -0.527. The third-order valence-corrected chi connectivity index (χ3v) is 7.70. The zero-order chi connectivity index (χ0) is 26.7. The molecule has 0 saturated heterocycles. The summed E-state index contributed by atoms with van der Waals surface area (Å²) >= 11 is 0. The van der Waals surface area contributed by atoms with E-state index in [-0.39, 0.29) is 15.9 Å². The van der Waals surface area contributed by atoms with E-state index in [9.17, 15) is 4.79 Å². The number of Topliss-reactive ketones (excluding diaryl/α,β-unsaturated/α-hetero) is 1. The molecule has 0 saturated carbocycles. The molecule has 2 aromatic rings. The molecule has 0 heterocycles. The topological polar surface area (TPSA) is 44.8 Å². The van der Waals surface area contributed by atoms with Gasteiger partial charge in [-0.2, -0.15) is 0 Å². The summed E-state index contributed by atoms with van der Waals surface area (Å²) in [6, 6.07) is 13.8. The highest BCUT2D eigenvalue weighted by molar-refractivity contribution is 6.32. The van der Waals surface area contributed by atoms with Crippen LogP contribution >= 0.6 is 0 Å². The SMILES string of the molecule is CC(=O)c1cccc(COc2ccc(C(C)(C)O[Si]C(C)(C)C)c(C(C)(C)O[Si]C(C)(C)C)c2)c1. The first-order valence-corrected chi connectivity index (χ1v) is 14.0. The summed E-state index contributed by atoms with van der Waals surface area (Å²) in [6.07, 6.45) is 0. The summed E-state index contributed by atoms with van der Waals surface area (Å²) in [5.74, 6) is 0.817. The van der Waals surface area contributed by atoms with Crippen LogP contribution in [0.1, 0.15) is 103 Å². The second-order valence-electron chi connectivity index (χ2n) is 12.2. The number of carbonyl (C=O) groups excluding carboxylic acids is 1. The first kappa shape index (κ1) is 29.5. The molecule has 0 N–H and O–H groups in total. The summed E-state index contributed by atoms with van der Waals surface area (Å²) in [6.45, 7) is 23.6. The predicted octanol–water partition coefficient (Wildman–Crippen LogP) is 7.65. The van der Waals surface area contributed by atoms with Crippen molar-refractivity contribution in [2.75, 3.05) is 0 Å². The standard InChI is InChI=1S/C29H42O4Si2/c1-20(30)22-14-12-13-21(17-22)19-31-23-15-16-24(28(8,9)32-34-26(2,3)4)25(18-23)29(10,11)33-35-27(5,6)7/h12-18H,19H2,1-11H3. The van der Waals surface area contributed by atoms with Crippen molar-refractivity contribution >= 4 is 25.3 Å². The molecule has 0 aliphatic carbocycles. The fraction of sp³-hybridized carbons (Fsp3) is 0.552. The van der Waals surface area contributed by atoms with Gasteiger partial charge in [-0.25, -0.2) is 0 Å². The van der Waals surface area contributed by atoms with Gasteiger partial charge in [0.1, 0.15) is 12.4 Å². The minimum Gasteiger partial charge on any atom is -0.489 e. The normalized spacial score (nSPS) is 13.1. The van der Waals surface area contributed by atoms with Crippen molar-refractivity contribution < 1.29 is 18.4 Å². The van der Waals surface area contributed by atoms with Gasteiger partial charge in [-0.3, -0.25) is 4.79 Å². The van der Waals surface area contributed by atoms with Gasteiger partial charge in [-0.1, -0.05) is 65.8 Å². The van der Waals surface area contributed by atoms with Crippen LogP contribution < -0.4 is 4.74 Å². The Kier molecular flexibility index (Phi) is 9.37. The number of carbonyl (C=O) groups is 1. The van der Waals surface area contributed by atoms with Crippen LogP contribution in [0.2, 0.25) is 10.1 Å². The second kappa shape index (κ2) is 11.1. The Hall–Kier alpha value is -1.74. The zero-order valence-corrected chi connectivity index (χ0v) is 25.4. The zero-order valence-electron chi connectivity index (χ0n) is 23.4. The Morgan fingerprint density at radius 1 is 0.743 bits per heavy atom. The highest BCUT2D eigenvalue weighted by Crippen LogP contribution is 2.40. The van der Waals surface area contributed by atoms with Crippen LogP contribution in [0.4, 0.5) is 0 Å². The van der Waals surface area contributed by atoms with Crippen LogP contribution in [-0.2, 0) is 26.7 Å². The van der Waals surface area contributed by atoms with Gasteiger partial charge in [0.25, 0.3) is 0 Å². The van der Waals surface area contributed by atoms with Gasteiger partial charge in [0, 0.05) is 5.56 Å². The summed E-state index contributed by atoms with van der Waals surface area (Å²) in [5, 5.41) is 0.168. The van der Waals surface area contributed by atoms with Gasteiger partial charge in [-0.05, 0) is 79.6 Å². The molecule has 2 rings (SSSR count). The van der Waals surface area contributed by atoms with Crippen molar-refractivity contribution in [2.24, 2.45) is 0 Å². The first-order valence-electron chi connectivity index (χ1n) is 12.2. The van der Waals surface area contributed by atoms with Gasteiger partial charge in [0.15, 0.2) is 5.78 Å². The lowest BCUT2D eigenvalue weighted by molar-refractivity contribution is 0.0826. The number of hydrogen-bond donors (Lipinski definition) is 0. The van der Waals surface area contributed by atoms with Crippen LogP contribution in [0.15, 0.2) is 42.5 Å². The number of rotatable bonds is 10. The lowest BCUT2D eigenvalue weighted by Gasteiger charge is -2.37. The molecule has 35 heavy (non-hydrogen) atoms. The summed E-state index contributed by atoms with van der Waals surface area (Å²) in [7, 11) is 0.717. The van der Waals surface area contributed by atoms with Crippen molar-refractivity contribution in [1.29, 1.82) is 0 Å². The predicted molar refractivity (Wildman–Crippen MR) is 146 cm³/mol. The highest BCUT2D eigenvalue weighted by atomic mass is 28.2. The third-order valence-electron chi connectivity index (χ3n) is 5.25. The van der Waals surface area contributed by atoms with E-state index in [0.29, 0.717) is 31.7 Å². The van der Waals surface area contributed by atoms with E-state index in [1.54, 1.807) is 6.92 Å². The smallest absolute Gasteiger partial charge is 0.236 e. The first-order chi connectivity index (χ1) is 15.9. The van der Waals surface area contributed by atoms with Gasteiger partial charge in [0.05, 0.1) is 11.2 Å². The molecule has 4 nitrogen and oxygen atoms in total. The van der Waals surface area contributed by atoms with Crippen molar-refractivity contribution in [2.45, 2.75) is 104 Å². The Labute approximate surface area is 218 Å². The van der Waals surface area contributed by atoms with Gasteiger partial charge < -0.3 is 13.6 Å². The van der Waals surface area contributed by atoms with E-state index in [2.05, 4.69) is 81.4 Å². The fourth-order valence-electron chi connectivity index (χ4n) is 3.35. The monoisotopic (exact) mass is 510 g/mol.